The molecular weight excluding hydrogens is 466 g/mol. The molecule has 1 aliphatic rings. The van der Waals surface area contributed by atoms with Crippen molar-refractivity contribution in [3.05, 3.63) is 86.2 Å². The summed E-state index contributed by atoms with van der Waals surface area (Å²) in [5.74, 6) is -1.13. The number of ether oxygens (including phenoxy) is 2. The van der Waals surface area contributed by atoms with Gasteiger partial charge in [0.2, 0.25) is 5.78 Å². The van der Waals surface area contributed by atoms with Gasteiger partial charge in [0.15, 0.2) is 6.61 Å². The number of nitrogens with two attached hydrogens (primary N) is 1. The van der Waals surface area contributed by atoms with Crippen LogP contribution < -0.4 is 21.9 Å². The lowest BCUT2D eigenvalue weighted by Crippen LogP contribution is -2.44. The average Bonchev–Trinajstić information content (AvgIpc) is 2.91. The van der Waals surface area contributed by atoms with Crippen LogP contribution in [0.15, 0.2) is 58.3 Å². The maximum absolute atomic E-state index is 12.9. The molecular formula is C25H27N5O6. The molecule has 0 atom stereocenters. The first-order valence-electron chi connectivity index (χ1n) is 11.6. The first-order valence-corrected chi connectivity index (χ1v) is 11.6. The van der Waals surface area contributed by atoms with Crippen molar-refractivity contribution in [3.8, 4) is 0 Å². The Kier molecular flexibility index (Phi) is 7.59. The standard InChI is InChI=1S/C25H27N5O6/c1-2-29-23(32)21(22(26)30(25(29)34)15-17-6-4-3-5-7-17)19(31)16-36-24(33)18-8-9-20(27-14-18)28-10-12-35-13-11-28/h3-9,14H,2,10-13,15-16,26H2,1H3. The fraction of sp³-hybridized carbons (Fsp3) is 0.320. The summed E-state index contributed by atoms with van der Waals surface area (Å²) in [4.78, 5) is 57.5. The number of carbonyl (C=O) groups is 2. The third-order valence-corrected chi connectivity index (χ3v) is 5.90. The second kappa shape index (κ2) is 11.0. The molecule has 1 aliphatic heterocycles. The molecule has 0 aliphatic carbocycles. The number of rotatable bonds is 8. The second-order valence-corrected chi connectivity index (χ2v) is 8.17. The summed E-state index contributed by atoms with van der Waals surface area (Å²) in [6.07, 6.45) is 1.37. The molecule has 1 saturated heterocycles. The Bertz CT molecular complexity index is 1360. The summed E-state index contributed by atoms with van der Waals surface area (Å²) in [6, 6.07) is 12.3. The van der Waals surface area contributed by atoms with Crippen molar-refractivity contribution < 1.29 is 19.1 Å². The zero-order valence-corrected chi connectivity index (χ0v) is 19.9. The van der Waals surface area contributed by atoms with Gasteiger partial charge in [-0.2, -0.15) is 0 Å². The Morgan fingerprint density at radius 2 is 1.78 bits per heavy atom. The van der Waals surface area contributed by atoms with Gasteiger partial charge in [0, 0.05) is 25.8 Å². The predicted molar refractivity (Wildman–Crippen MR) is 132 cm³/mol. The molecule has 3 heterocycles. The van der Waals surface area contributed by atoms with E-state index < -0.39 is 29.6 Å². The van der Waals surface area contributed by atoms with Crippen molar-refractivity contribution >= 4 is 23.4 Å². The van der Waals surface area contributed by atoms with Crippen LogP contribution in [0.25, 0.3) is 0 Å². The number of hydrogen-bond acceptors (Lipinski definition) is 9. The Labute approximate surface area is 206 Å². The van der Waals surface area contributed by atoms with E-state index in [-0.39, 0.29) is 30.0 Å². The number of benzene rings is 1. The maximum Gasteiger partial charge on any atom is 0.340 e. The van der Waals surface area contributed by atoms with Gasteiger partial charge in [-0.25, -0.2) is 14.6 Å². The molecule has 0 radical (unpaired) electrons. The minimum absolute atomic E-state index is 0.0496. The van der Waals surface area contributed by atoms with E-state index in [1.165, 1.54) is 10.8 Å². The van der Waals surface area contributed by atoms with Gasteiger partial charge in [-0.05, 0) is 24.6 Å². The van der Waals surface area contributed by atoms with Crippen molar-refractivity contribution in [2.24, 2.45) is 0 Å². The SMILES string of the molecule is CCn1c(=O)c(C(=O)COC(=O)c2ccc(N3CCOCC3)nc2)c(N)n(Cc2ccccc2)c1=O. The van der Waals surface area contributed by atoms with Gasteiger partial charge in [0.1, 0.15) is 17.2 Å². The van der Waals surface area contributed by atoms with Gasteiger partial charge in [0.05, 0.1) is 25.3 Å². The van der Waals surface area contributed by atoms with E-state index in [1.54, 1.807) is 43.3 Å². The van der Waals surface area contributed by atoms with Crippen LogP contribution >= 0.6 is 0 Å². The van der Waals surface area contributed by atoms with Crippen LogP contribution in [0, 0.1) is 0 Å². The van der Waals surface area contributed by atoms with E-state index in [4.69, 9.17) is 15.2 Å². The molecule has 2 N–H and O–H groups in total. The van der Waals surface area contributed by atoms with E-state index >= 15 is 0 Å². The van der Waals surface area contributed by atoms with E-state index in [9.17, 15) is 19.2 Å². The highest BCUT2D eigenvalue weighted by Crippen LogP contribution is 2.14. The minimum Gasteiger partial charge on any atom is -0.454 e. The summed E-state index contributed by atoms with van der Waals surface area (Å²) in [6.45, 7) is 3.65. The lowest BCUT2D eigenvalue weighted by molar-refractivity contribution is 0.0473. The number of Topliss-reactive ketones (excluding diaryl/α,β-unsaturated/α-hetero) is 1. The molecule has 3 aromatic rings. The molecule has 0 bridgehead atoms. The summed E-state index contributed by atoms with van der Waals surface area (Å²) in [7, 11) is 0. The van der Waals surface area contributed by atoms with E-state index in [0.717, 1.165) is 10.1 Å². The number of esters is 1. The number of ketones is 1. The lowest BCUT2D eigenvalue weighted by atomic mass is 10.1. The fourth-order valence-electron chi connectivity index (χ4n) is 3.95. The zero-order chi connectivity index (χ0) is 25.7. The number of nitrogens with zero attached hydrogens (tertiary/aromatic N) is 4. The van der Waals surface area contributed by atoms with Crippen molar-refractivity contribution in [2.45, 2.75) is 20.0 Å². The van der Waals surface area contributed by atoms with E-state index in [2.05, 4.69) is 4.98 Å². The summed E-state index contributed by atoms with van der Waals surface area (Å²) in [5, 5.41) is 0. The highest BCUT2D eigenvalue weighted by atomic mass is 16.5. The van der Waals surface area contributed by atoms with Gasteiger partial charge in [-0.3, -0.25) is 18.7 Å². The molecule has 11 heteroatoms. The van der Waals surface area contributed by atoms with Gasteiger partial charge in [-0.15, -0.1) is 0 Å². The van der Waals surface area contributed by atoms with Crippen LogP contribution in [-0.2, 0) is 22.6 Å². The molecule has 0 unspecified atom stereocenters. The first-order chi connectivity index (χ1) is 17.4. The molecule has 0 amide bonds. The number of hydrogen-bond donors (Lipinski definition) is 1. The molecule has 188 valence electrons. The van der Waals surface area contributed by atoms with Gasteiger partial charge in [-0.1, -0.05) is 30.3 Å². The van der Waals surface area contributed by atoms with Crippen LogP contribution in [0.5, 0.6) is 0 Å². The van der Waals surface area contributed by atoms with Crippen molar-refractivity contribution in [1.82, 2.24) is 14.1 Å². The molecule has 36 heavy (non-hydrogen) atoms. The molecule has 11 nitrogen and oxygen atoms in total. The predicted octanol–water partition coefficient (Wildman–Crippen LogP) is 0.932. The third kappa shape index (κ3) is 5.20. The van der Waals surface area contributed by atoms with E-state index in [0.29, 0.717) is 32.1 Å². The van der Waals surface area contributed by atoms with Crippen LogP contribution in [0.3, 0.4) is 0 Å². The Balaban J connectivity index is 1.51. The number of aromatic nitrogens is 3. The van der Waals surface area contributed by atoms with Crippen LogP contribution in [0.4, 0.5) is 11.6 Å². The van der Waals surface area contributed by atoms with Gasteiger partial charge < -0.3 is 20.1 Å². The molecule has 1 fully saturated rings. The Morgan fingerprint density at radius 3 is 2.42 bits per heavy atom. The quantitative estimate of drug-likeness (QED) is 0.359. The largest absolute Gasteiger partial charge is 0.454 e. The second-order valence-electron chi connectivity index (χ2n) is 8.17. The number of pyridine rings is 1. The van der Waals surface area contributed by atoms with Crippen molar-refractivity contribution in [3.63, 3.8) is 0 Å². The van der Waals surface area contributed by atoms with Crippen LogP contribution in [0.2, 0.25) is 0 Å². The molecule has 0 saturated carbocycles. The van der Waals surface area contributed by atoms with Gasteiger partial charge in [0.25, 0.3) is 5.56 Å². The Hall–Kier alpha value is -4.25. The molecule has 2 aromatic heterocycles. The van der Waals surface area contributed by atoms with Gasteiger partial charge >= 0.3 is 11.7 Å². The van der Waals surface area contributed by atoms with Crippen LogP contribution in [-0.4, -0.2) is 58.8 Å². The number of nitrogen functional groups attached to an aromatic ring is 1. The van der Waals surface area contributed by atoms with Crippen molar-refractivity contribution in [2.75, 3.05) is 43.5 Å². The molecule has 4 rings (SSSR count). The highest BCUT2D eigenvalue weighted by Gasteiger charge is 2.24. The number of morpholine rings is 1. The zero-order valence-electron chi connectivity index (χ0n) is 19.9. The third-order valence-electron chi connectivity index (χ3n) is 5.90. The van der Waals surface area contributed by atoms with E-state index in [1.807, 2.05) is 11.0 Å². The normalized spacial score (nSPS) is 13.4. The van der Waals surface area contributed by atoms with Crippen molar-refractivity contribution in [1.29, 1.82) is 0 Å². The molecule has 1 aromatic carbocycles. The monoisotopic (exact) mass is 493 g/mol. The fourth-order valence-corrected chi connectivity index (χ4v) is 3.95. The number of carbonyl (C=O) groups excluding carboxylic acids is 2. The summed E-state index contributed by atoms with van der Waals surface area (Å²) >= 11 is 0. The highest BCUT2D eigenvalue weighted by molar-refractivity contribution is 6.02. The maximum atomic E-state index is 12.9. The van der Waals surface area contributed by atoms with Crippen LogP contribution in [0.1, 0.15) is 33.2 Å². The smallest absolute Gasteiger partial charge is 0.340 e. The first kappa shape index (κ1) is 24.9. The topological polar surface area (TPSA) is 139 Å². The molecule has 0 spiro atoms. The summed E-state index contributed by atoms with van der Waals surface area (Å²) < 4.78 is 12.6. The lowest BCUT2D eigenvalue weighted by Gasteiger charge is -2.27. The summed E-state index contributed by atoms with van der Waals surface area (Å²) in [5.41, 5.74) is 5.23. The number of anilines is 2. The average molecular weight is 494 g/mol. The minimum atomic E-state index is -0.818. The Morgan fingerprint density at radius 1 is 1.06 bits per heavy atom.